The minimum absolute atomic E-state index is 0.0824. The summed E-state index contributed by atoms with van der Waals surface area (Å²) in [5, 5.41) is 17.7. The maximum Gasteiger partial charge on any atom is 0.269 e. The van der Waals surface area contributed by atoms with Crippen LogP contribution in [0.25, 0.3) is 0 Å². The molecule has 0 saturated heterocycles. The van der Waals surface area contributed by atoms with E-state index in [1.165, 1.54) is 12.1 Å². The van der Waals surface area contributed by atoms with E-state index in [1.54, 1.807) is 19.2 Å². The molecule has 0 saturated carbocycles. The third-order valence-electron chi connectivity index (χ3n) is 3.20. The minimum atomic E-state index is -0.413. The van der Waals surface area contributed by atoms with Gasteiger partial charge in [-0.3, -0.25) is 15.1 Å². The molecule has 2 aromatic carbocycles. The van der Waals surface area contributed by atoms with Crippen molar-refractivity contribution >= 4 is 23.2 Å². The molecule has 0 heterocycles. The van der Waals surface area contributed by atoms with E-state index in [2.05, 4.69) is 15.6 Å². The maximum atomic E-state index is 10.6. The van der Waals surface area contributed by atoms with Crippen LogP contribution in [0.3, 0.4) is 0 Å². The normalized spacial score (nSPS) is 11.1. The van der Waals surface area contributed by atoms with Gasteiger partial charge in [0.05, 0.1) is 4.92 Å². The molecule has 2 rings (SSSR count). The largest absolute Gasteiger partial charge is 0.352 e. The van der Waals surface area contributed by atoms with Crippen molar-refractivity contribution in [3.8, 4) is 0 Å². The first-order valence-electron chi connectivity index (χ1n) is 7.01. The molecule has 2 aromatic rings. The van der Waals surface area contributed by atoms with Gasteiger partial charge in [-0.25, -0.2) is 0 Å². The van der Waals surface area contributed by atoms with Crippen molar-refractivity contribution in [2.24, 2.45) is 4.99 Å². The van der Waals surface area contributed by atoms with Crippen LogP contribution in [0.4, 0.5) is 5.69 Å². The molecule has 0 radical (unpaired) electrons. The third-order valence-corrected chi connectivity index (χ3v) is 3.46. The molecule has 0 fully saturated rings. The van der Waals surface area contributed by atoms with Crippen LogP contribution in [0.5, 0.6) is 0 Å². The Morgan fingerprint density at radius 1 is 1.04 bits per heavy atom. The molecule has 2 N–H and O–H groups in total. The Morgan fingerprint density at radius 2 is 1.52 bits per heavy atom. The highest BCUT2D eigenvalue weighted by Gasteiger charge is 2.04. The number of nitrogens with zero attached hydrogens (tertiary/aromatic N) is 2. The van der Waals surface area contributed by atoms with Crippen LogP contribution in [-0.4, -0.2) is 17.9 Å². The zero-order valence-corrected chi connectivity index (χ0v) is 13.4. The fraction of sp³-hybridized carbons (Fsp3) is 0.188. The van der Waals surface area contributed by atoms with Gasteiger partial charge < -0.3 is 10.6 Å². The lowest BCUT2D eigenvalue weighted by Crippen LogP contribution is -2.36. The number of nitrogens with one attached hydrogen (secondary N) is 2. The Hall–Kier alpha value is -2.60. The smallest absolute Gasteiger partial charge is 0.269 e. The number of hydrogen-bond donors (Lipinski definition) is 2. The van der Waals surface area contributed by atoms with Crippen molar-refractivity contribution in [3.63, 3.8) is 0 Å². The van der Waals surface area contributed by atoms with Crippen molar-refractivity contribution in [3.05, 3.63) is 74.8 Å². The molecule has 7 heteroatoms. The Kier molecular flexibility index (Phi) is 5.94. The molecule has 0 aliphatic heterocycles. The van der Waals surface area contributed by atoms with Crippen molar-refractivity contribution in [1.82, 2.24) is 10.6 Å². The highest BCUT2D eigenvalue weighted by molar-refractivity contribution is 6.30. The highest BCUT2D eigenvalue weighted by atomic mass is 35.5. The van der Waals surface area contributed by atoms with Crippen molar-refractivity contribution in [2.45, 2.75) is 13.1 Å². The fourth-order valence-corrected chi connectivity index (χ4v) is 2.06. The molecule has 120 valence electrons. The van der Waals surface area contributed by atoms with E-state index in [0.29, 0.717) is 24.1 Å². The summed E-state index contributed by atoms with van der Waals surface area (Å²) in [5.74, 6) is 0.651. The molecule has 23 heavy (non-hydrogen) atoms. The second kappa shape index (κ2) is 8.14. The SMILES string of the molecule is CN=C(NCc1ccc(Cl)cc1)NCc1ccc([N+](=O)[O-])cc1. The van der Waals surface area contributed by atoms with Crippen molar-refractivity contribution in [1.29, 1.82) is 0 Å². The first-order chi connectivity index (χ1) is 11.1. The van der Waals surface area contributed by atoms with Crippen LogP contribution in [0.1, 0.15) is 11.1 Å². The fourth-order valence-electron chi connectivity index (χ4n) is 1.93. The summed E-state index contributed by atoms with van der Waals surface area (Å²) in [4.78, 5) is 14.3. The number of non-ortho nitro benzene ring substituents is 1. The average molecular weight is 333 g/mol. The molecule has 0 aliphatic rings. The lowest BCUT2D eigenvalue weighted by Gasteiger charge is -2.12. The lowest BCUT2D eigenvalue weighted by atomic mass is 10.2. The molecule has 0 unspecified atom stereocenters. The van der Waals surface area contributed by atoms with Gasteiger partial charge in [0.2, 0.25) is 0 Å². The van der Waals surface area contributed by atoms with E-state index in [-0.39, 0.29) is 5.69 Å². The van der Waals surface area contributed by atoms with Crippen LogP contribution < -0.4 is 10.6 Å². The van der Waals surface area contributed by atoms with Crippen LogP contribution >= 0.6 is 11.6 Å². The first kappa shape index (κ1) is 16.8. The summed E-state index contributed by atoms with van der Waals surface area (Å²) in [6.45, 7) is 1.15. The summed E-state index contributed by atoms with van der Waals surface area (Å²) in [5.41, 5.74) is 2.11. The van der Waals surface area contributed by atoms with E-state index in [0.717, 1.165) is 11.1 Å². The number of rotatable bonds is 5. The van der Waals surface area contributed by atoms with Gasteiger partial charge in [-0.2, -0.15) is 0 Å². The van der Waals surface area contributed by atoms with E-state index < -0.39 is 4.92 Å². The van der Waals surface area contributed by atoms with Crippen LogP contribution in [0.15, 0.2) is 53.5 Å². The maximum absolute atomic E-state index is 10.6. The second-order valence-corrected chi connectivity index (χ2v) is 5.27. The molecular formula is C16H17ClN4O2. The minimum Gasteiger partial charge on any atom is -0.352 e. The van der Waals surface area contributed by atoms with Gasteiger partial charge in [0.15, 0.2) is 5.96 Å². The van der Waals surface area contributed by atoms with Crippen LogP contribution in [0.2, 0.25) is 5.02 Å². The van der Waals surface area contributed by atoms with E-state index in [4.69, 9.17) is 11.6 Å². The Labute approximate surface area is 139 Å². The topological polar surface area (TPSA) is 79.6 Å². The zero-order chi connectivity index (χ0) is 16.7. The van der Waals surface area contributed by atoms with Gasteiger partial charge in [-0.05, 0) is 23.3 Å². The number of aliphatic imine (C=N–C) groups is 1. The second-order valence-electron chi connectivity index (χ2n) is 4.83. The Balaban J connectivity index is 1.85. The monoisotopic (exact) mass is 332 g/mol. The lowest BCUT2D eigenvalue weighted by molar-refractivity contribution is -0.384. The summed E-state index contributed by atoms with van der Waals surface area (Å²) in [6, 6.07) is 14.0. The molecule has 0 atom stereocenters. The summed E-state index contributed by atoms with van der Waals surface area (Å²) >= 11 is 5.85. The average Bonchev–Trinajstić information content (AvgIpc) is 2.57. The van der Waals surface area contributed by atoms with E-state index >= 15 is 0 Å². The molecular weight excluding hydrogens is 316 g/mol. The number of guanidine groups is 1. The van der Waals surface area contributed by atoms with Crippen LogP contribution in [-0.2, 0) is 13.1 Å². The molecule has 0 amide bonds. The van der Waals surface area contributed by atoms with Gasteiger partial charge in [0.1, 0.15) is 0 Å². The molecule has 0 aromatic heterocycles. The number of nitro groups is 1. The highest BCUT2D eigenvalue weighted by Crippen LogP contribution is 2.11. The van der Waals surface area contributed by atoms with Gasteiger partial charge in [-0.15, -0.1) is 0 Å². The van der Waals surface area contributed by atoms with Crippen LogP contribution in [0, 0.1) is 10.1 Å². The predicted molar refractivity (Wildman–Crippen MR) is 91.6 cm³/mol. The quantitative estimate of drug-likeness (QED) is 0.381. The van der Waals surface area contributed by atoms with Gasteiger partial charge >= 0.3 is 0 Å². The number of nitro benzene ring substituents is 1. The summed E-state index contributed by atoms with van der Waals surface area (Å²) in [6.07, 6.45) is 0. The van der Waals surface area contributed by atoms with Crippen molar-refractivity contribution < 1.29 is 4.92 Å². The number of hydrogen-bond acceptors (Lipinski definition) is 3. The molecule has 0 bridgehead atoms. The van der Waals surface area contributed by atoms with E-state index in [1.807, 2.05) is 24.3 Å². The van der Waals surface area contributed by atoms with Gasteiger partial charge in [0, 0.05) is 37.3 Å². The van der Waals surface area contributed by atoms with Gasteiger partial charge in [0.25, 0.3) is 5.69 Å². The summed E-state index contributed by atoms with van der Waals surface area (Å²) in [7, 11) is 1.69. The molecule has 0 aliphatic carbocycles. The van der Waals surface area contributed by atoms with E-state index in [9.17, 15) is 10.1 Å². The predicted octanol–water partition coefficient (Wildman–Crippen LogP) is 3.11. The number of benzene rings is 2. The van der Waals surface area contributed by atoms with Gasteiger partial charge in [-0.1, -0.05) is 35.9 Å². The molecule has 0 spiro atoms. The first-order valence-corrected chi connectivity index (χ1v) is 7.38. The standard InChI is InChI=1S/C16H17ClN4O2/c1-18-16(19-10-12-2-6-14(17)7-3-12)20-11-13-4-8-15(9-5-13)21(22)23/h2-9H,10-11H2,1H3,(H2,18,19,20). The molecule has 6 nitrogen and oxygen atoms in total. The number of halogens is 1. The van der Waals surface area contributed by atoms with Crippen molar-refractivity contribution in [2.75, 3.05) is 7.05 Å². The Bertz CT molecular complexity index is 684. The summed E-state index contributed by atoms with van der Waals surface area (Å²) < 4.78 is 0. The Morgan fingerprint density at radius 3 is 1.96 bits per heavy atom. The third kappa shape index (κ3) is 5.27. The zero-order valence-electron chi connectivity index (χ0n) is 12.6.